The van der Waals surface area contributed by atoms with Gasteiger partial charge < -0.3 is 15.4 Å². The molecule has 6 heteroatoms. The number of amides is 2. The van der Waals surface area contributed by atoms with Crippen molar-refractivity contribution in [3.05, 3.63) is 79.0 Å². The van der Waals surface area contributed by atoms with Crippen LogP contribution in [0.1, 0.15) is 37.8 Å². The second-order valence-corrected chi connectivity index (χ2v) is 8.10. The van der Waals surface area contributed by atoms with Crippen molar-refractivity contribution in [2.75, 3.05) is 11.9 Å². The largest absolute Gasteiger partial charge is 0.444 e. The van der Waals surface area contributed by atoms with Gasteiger partial charge >= 0.3 is 6.09 Å². The van der Waals surface area contributed by atoms with Gasteiger partial charge in [-0.25, -0.2) is 4.79 Å². The van der Waals surface area contributed by atoms with Crippen molar-refractivity contribution < 1.29 is 14.3 Å². The fourth-order valence-corrected chi connectivity index (χ4v) is 3.00. The van der Waals surface area contributed by atoms with E-state index in [1.165, 1.54) is 0 Å². The predicted molar refractivity (Wildman–Crippen MR) is 118 cm³/mol. The molecule has 1 aromatic heterocycles. The summed E-state index contributed by atoms with van der Waals surface area (Å²) in [4.78, 5) is 29.3. The quantitative estimate of drug-likeness (QED) is 0.648. The lowest BCUT2D eigenvalue weighted by atomic mass is 9.97. The first-order valence-corrected chi connectivity index (χ1v) is 9.75. The Kier molecular flexibility index (Phi) is 6.35. The van der Waals surface area contributed by atoms with E-state index in [-0.39, 0.29) is 12.5 Å². The smallest absolute Gasteiger partial charge is 0.407 e. The number of hydrogen-bond donors (Lipinski definition) is 2. The summed E-state index contributed by atoms with van der Waals surface area (Å²) >= 11 is 0. The van der Waals surface area contributed by atoms with Gasteiger partial charge in [0, 0.05) is 30.0 Å². The Balaban J connectivity index is 1.78. The zero-order valence-electron chi connectivity index (χ0n) is 17.4. The first-order valence-electron chi connectivity index (χ1n) is 9.75. The number of hydrogen-bond acceptors (Lipinski definition) is 4. The molecule has 3 rings (SSSR count). The van der Waals surface area contributed by atoms with Crippen molar-refractivity contribution >= 4 is 28.5 Å². The Bertz CT molecular complexity index is 1040. The minimum atomic E-state index is -0.614. The number of pyridine rings is 1. The maximum atomic E-state index is 13.1. The number of fused-ring (bicyclic) bond motifs is 1. The van der Waals surface area contributed by atoms with Crippen molar-refractivity contribution in [3.63, 3.8) is 0 Å². The summed E-state index contributed by atoms with van der Waals surface area (Å²) in [5.74, 6) is -0.817. The molecule has 0 spiro atoms. The van der Waals surface area contributed by atoms with Crippen molar-refractivity contribution in [3.8, 4) is 0 Å². The molecular formula is C24H26N3O3. The zero-order chi connectivity index (χ0) is 21.7. The van der Waals surface area contributed by atoms with Gasteiger partial charge in [-0.2, -0.15) is 0 Å². The predicted octanol–water partition coefficient (Wildman–Crippen LogP) is 4.66. The molecule has 3 aromatic rings. The SMILES string of the molecule is [CH2]c1ccc(C(CNC(=O)OC(C)(C)C)C(=O)Nc2ccc3cnccc3c2)cc1. The lowest BCUT2D eigenvalue weighted by Crippen LogP contribution is -2.37. The lowest BCUT2D eigenvalue weighted by molar-refractivity contribution is -0.117. The fraction of sp³-hybridized carbons (Fsp3) is 0.250. The van der Waals surface area contributed by atoms with E-state index < -0.39 is 17.6 Å². The Morgan fingerprint density at radius 3 is 2.50 bits per heavy atom. The third kappa shape index (κ3) is 5.80. The highest BCUT2D eigenvalue weighted by Gasteiger charge is 2.23. The number of anilines is 1. The molecule has 2 amide bonds. The number of carbonyl (C=O) groups is 2. The summed E-state index contributed by atoms with van der Waals surface area (Å²) in [7, 11) is 0. The standard InChI is InChI=1S/C24H26N3O3/c1-16-5-7-17(8-6-16)21(15-26-23(29)30-24(2,3)4)22(28)27-20-10-9-19-14-25-12-11-18(19)13-20/h5-14,21H,1,15H2,2-4H3,(H,26,29)(H,27,28). The molecule has 0 saturated heterocycles. The average molecular weight is 404 g/mol. The Morgan fingerprint density at radius 1 is 1.07 bits per heavy atom. The number of carbonyl (C=O) groups excluding carboxylic acids is 2. The van der Waals surface area contributed by atoms with Crippen LogP contribution in [0.3, 0.4) is 0 Å². The van der Waals surface area contributed by atoms with Gasteiger partial charge in [0.05, 0.1) is 5.92 Å². The second kappa shape index (κ2) is 8.95. The molecule has 1 atom stereocenters. The molecule has 0 aliphatic heterocycles. The summed E-state index contributed by atoms with van der Waals surface area (Å²) < 4.78 is 5.29. The Labute approximate surface area is 176 Å². The number of alkyl carbamates (subject to hydrolysis) is 1. The van der Waals surface area contributed by atoms with Crippen LogP contribution in [0.15, 0.2) is 60.9 Å². The van der Waals surface area contributed by atoms with Crippen LogP contribution in [0.25, 0.3) is 10.8 Å². The molecule has 2 aromatic carbocycles. The third-order valence-corrected chi connectivity index (χ3v) is 4.46. The molecule has 0 bridgehead atoms. The molecule has 0 fully saturated rings. The summed E-state index contributed by atoms with van der Waals surface area (Å²) in [6, 6.07) is 14.9. The highest BCUT2D eigenvalue weighted by Crippen LogP contribution is 2.22. The molecular weight excluding hydrogens is 378 g/mol. The number of nitrogens with one attached hydrogen (secondary N) is 2. The molecule has 0 aliphatic carbocycles. The number of benzene rings is 2. The Hall–Kier alpha value is -3.41. The molecule has 0 saturated carbocycles. The first-order chi connectivity index (χ1) is 14.2. The monoisotopic (exact) mass is 404 g/mol. The summed E-state index contributed by atoms with van der Waals surface area (Å²) in [5, 5.41) is 7.62. The van der Waals surface area contributed by atoms with Gasteiger partial charge in [-0.3, -0.25) is 9.78 Å². The topological polar surface area (TPSA) is 80.3 Å². The van der Waals surface area contributed by atoms with Gasteiger partial charge in [-0.1, -0.05) is 30.3 Å². The summed E-state index contributed by atoms with van der Waals surface area (Å²) in [5.41, 5.74) is 1.69. The molecule has 1 radical (unpaired) electrons. The van der Waals surface area contributed by atoms with E-state index in [4.69, 9.17) is 4.74 Å². The van der Waals surface area contributed by atoms with Gasteiger partial charge in [-0.05, 0) is 62.4 Å². The number of rotatable bonds is 5. The van der Waals surface area contributed by atoms with Crippen LogP contribution < -0.4 is 10.6 Å². The minimum absolute atomic E-state index is 0.106. The molecule has 155 valence electrons. The van der Waals surface area contributed by atoms with Crippen LogP contribution in [0, 0.1) is 6.92 Å². The van der Waals surface area contributed by atoms with Crippen molar-refractivity contribution in [2.45, 2.75) is 32.3 Å². The van der Waals surface area contributed by atoms with E-state index in [1.807, 2.05) is 48.5 Å². The van der Waals surface area contributed by atoms with Crippen LogP contribution >= 0.6 is 0 Å². The van der Waals surface area contributed by atoms with Crippen LogP contribution in [-0.2, 0) is 9.53 Å². The molecule has 1 heterocycles. The maximum absolute atomic E-state index is 13.1. The number of ether oxygens (including phenoxy) is 1. The molecule has 2 N–H and O–H groups in total. The van der Waals surface area contributed by atoms with Gasteiger partial charge in [0.15, 0.2) is 0 Å². The van der Waals surface area contributed by atoms with Gasteiger partial charge in [0.25, 0.3) is 0 Å². The van der Waals surface area contributed by atoms with Crippen molar-refractivity contribution in [1.82, 2.24) is 10.3 Å². The Morgan fingerprint density at radius 2 is 1.80 bits per heavy atom. The summed E-state index contributed by atoms with van der Waals surface area (Å²) in [6.07, 6.45) is 2.92. The van der Waals surface area contributed by atoms with E-state index in [9.17, 15) is 9.59 Å². The van der Waals surface area contributed by atoms with Crippen LogP contribution in [-0.4, -0.2) is 29.1 Å². The van der Waals surface area contributed by atoms with Crippen LogP contribution in [0.2, 0.25) is 0 Å². The van der Waals surface area contributed by atoms with Crippen LogP contribution in [0.5, 0.6) is 0 Å². The van der Waals surface area contributed by atoms with Crippen LogP contribution in [0.4, 0.5) is 10.5 Å². The molecule has 0 aliphatic rings. The first kappa shape index (κ1) is 21.3. The highest BCUT2D eigenvalue weighted by molar-refractivity contribution is 5.98. The van der Waals surface area contributed by atoms with E-state index in [0.717, 1.165) is 21.9 Å². The van der Waals surface area contributed by atoms with Gasteiger partial charge in [0.1, 0.15) is 5.60 Å². The summed E-state index contributed by atoms with van der Waals surface area (Å²) in [6.45, 7) is 9.36. The van der Waals surface area contributed by atoms with E-state index in [2.05, 4.69) is 22.5 Å². The molecule has 30 heavy (non-hydrogen) atoms. The highest BCUT2D eigenvalue weighted by atomic mass is 16.6. The van der Waals surface area contributed by atoms with Gasteiger partial charge in [-0.15, -0.1) is 0 Å². The van der Waals surface area contributed by atoms with E-state index in [0.29, 0.717) is 5.69 Å². The van der Waals surface area contributed by atoms with E-state index >= 15 is 0 Å². The molecule has 6 nitrogen and oxygen atoms in total. The third-order valence-electron chi connectivity index (χ3n) is 4.46. The lowest BCUT2D eigenvalue weighted by Gasteiger charge is -2.22. The van der Waals surface area contributed by atoms with Crippen molar-refractivity contribution in [1.29, 1.82) is 0 Å². The number of nitrogens with zero attached hydrogens (tertiary/aromatic N) is 1. The van der Waals surface area contributed by atoms with E-state index in [1.54, 1.807) is 33.2 Å². The fourth-order valence-electron chi connectivity index (χ4n) is 3.00. The molecule has 1 unspecified atom stereocenters. The maximum Gasteiger partial charge on any atom is 0.407 e. The second-order valence-electron chi connectivity index (χ2n) is 8.10. The van der Waals surface area contributed by atoms with Crippen molar-refractivity contribution in [2.24, 2.45) is 0 Å². The zero-order valence-corrected chi connectivity index (χ0v) is 17.4. The van der Waals surface area contributed by atoms with Gasteiger partial charge in [0.2, 0.25) is 5.91 Å². The average Bonchev–Trinajstić information content (AvgIpc) is 2.68. The minimum Gasteiger partial charge on any atom is -0.444 e. The number of aromatic nitrogens is 1. The normalized spacial score (nSPS) is 12.3.